The first-order valence-electron chi connectivity index (χ1n) is 10.9. The second kappa shape index (κ2) is 10.8. The van der Waals surface area contributed by atoms with Crippen LogP contribution in [0.1, 0.15) is 22.5 Å². The third-order valence-electron chi connectivity index (χ3n) is 5.60. The van der Waals surface area contributed by atoms with Crippen LogP contribution in [0.5, 0.6) is 5.75 Å². The standard InChI is InChI=1S/C23H21ClN4O7S/c24-19-20(35-12-18(29)30)22(23(31)32)36-21(19)13-2-1-3-15(10-13)26-14-6-8-27(9-7-14)17-5-4-16(11-25-17)28(33)34/h1-5,10-11,14,26H,6-9,12H2,(H,29,30)(H,31,32). The van der Waals surface area contributed by atoms with Crippen LogP contribution in [0.3, 0.4) is 0 Å². The molecule has 0 unspecified atom stereocenters. The van der Waals surface area contributed by atoms with Crippen LogP contribution in [0.25, 0.3) is 10.4 Å². The molecule has 2 aromatic heterocycles. The van der Waals surface area contributed by atoms with E-state index >= 15 is 0 Å². The summed E-state index contributed by atoms with van der Waals surface area (Å²) in [6.07, 6.45) is 2.90. The summed E-state index contributed by atoms with van der Waals surface area (Å²) < 4.78 is 5.15. The van der Waals surface area contributed by atoms with Crippen molar-refractivity contribution >= 4 is 52.1 Å². The minimum Gasteiger partial charge on any atom is -0.479 e. The van der Waals surface area contributed by atoms with Gasteiger partial charge in [0.1, 0.15) is 17.0 Å². The molecular formula is C23H21ClN4O7S. The van der Waals surface area contributed by atoms with Crippen LogP contribution in [0.2, 0.25) is 5.02 Å². The number of carboxylic acids is 2. The van der Waals surface area contributed by atoms with Crippen LogP contribution in [-0.2, 0) is 4.79 Å². The first-order chi connectivity index (χ1) is 17.2. The maximum atomic E-state index is 11.6. The number of aromatic carboxylic acids is 1. The van der Waals surface area contributed by atoms with E-state index in [-0.39, 0.29) is 27.4 Å². The Labute approximate surface area is 214 Å². The largest absolute Gasteiger partial charge is 0.479 e. The number of nitro groups is 1. The highest BCUT2D eigenvalue weighted by atomic mass is 35.5. The molecule has 1 aromatic carbocycles. The number of carboxylic acid groups (broad SMARTS) is 2. The molecule has 1 aliphatic rings. The van der Waals surface area contributed by atoms with Gasteiger partial charge in [-0.1, -0.05) is 23.7 Å². The van der Waals surface area contributed by atoms with E-state index in [0.29, 0.717) is 16.3 Å². The molecule has 3 heterocycles. The predicted octanol–water partition coefficient (Wildman–Crippen LogP) is 4.61. The summed E-state index contributed by atoms with van der Waals surface area (Å²) in [5.74, 6) is -1.95. The molecule has 3 N–H and O–H groups in total. The number of hydrogen-bond acceptors (Lipinski definition) is 9. The van der Waals surface area contributed by atoms with E-state index in [4.69, 9.17) is 21.4 Å². The Hall–Kier alpha value is -3.90. The van der Waals surface area contributed by atoms with Gasteiger partial charge in [-0.05, 0) is 36.6 Å². The maximum Gasteiger partial charge on any atom is 0.349 e. The van der Waals surface area contributed by atoms with Crippen LogP contribution >= 0.6 is 22.9 Å². The van der Waals surface area contributed by atoms with Crippen molar-refractivity contribution in [2.24, 2.45) is 0 Å². The van der Waals surface area contributed by atoms with Crippen LogP contribution in [0, 0.1) is 10.1 Å². The Morgan fingerprint density at radius 3 is 2.61 bits per heavy atom. The van der Waals surface area contributed by atoms with Crippen LogP contribution < -0.4 is 15.0 Å². The third-order valence-corrected chi connectivity index (χ3v) is 7.28. The Morgan fingerprint density at radius 2 is 2.00 bits per heavy atom. The zero-order valence-corrected chi connectivity index (χ0v) is 20.3. The number of aromatic nitrogens is 1. The number of nitrogens with one attached hydrogen (secondary N) is 1. The number of ether oxygens (including phenoxy) is 1. The van der Waals surface area contributed by atoms with Crippen molar-refractivity contribution in [2.75, 3.05) is 29.9 Å². The van der Waals surface area contributed by atoms with Gasteiger partial charge in [-0.15, -0.1) is 11.3 Å². The number of carbonyl (C=O) groups is 2. The smallest absolute Gasteiger partial charge is 0.349 e. The second-order valence-electron chi connectivity index (χ2n) is 8.01. The maximum absolute atomic E-state index is 11.6. The molecule has 11 nitrogen and oxygen atoms in total. The van der Waals surface area contributed by atoms with Crippen LogP contribution in [-0.4, -0.2) is 57.8 Å². The van der Waals surface area contributed by atoms with E-state index in [9.17, 15) is 24.8 Å². The molecule has 0 spiro atoms. The number of anilines is 2. The van der Waals surface area contributed by atoms with Crippen LogP contribution in [0.4, 0.5) is 17.2 Å². The van der Waals surface area contributed by atoms with Crippen molar-refractivity contribution < 1.29 is 29.5 Å². The molecule has 1 saturated heterocycles. The lowest BCUT2D eigenvalue weighted by Crippen LogP contribution is -2.39. The minimum atomic E-state index is -1.25. The van der Waals surface area contributed by atoms with Crippen molar-refractivity contribution in [2.45, 2.75) is 18.9 Å². The molecule has 36 heavy (non-hydrogen) atoms. The van der Waals surface area contributed by atoms with Crippen molar-refractivity contribution in [1.29, 1.82) is 0 Å². The van der Waals surface area contributed by atoms with Gasteiger partial charge >= 0.3 is 11.9 Å². The second-order valence-corrected chi connectivity index (χ2v) is 9.41. The minimum absolute atomic E-state index is 0.0444. The van der Waals surface area contributed by atoms with Gasteiger partial charge in [0.15, 0.2) is 17.2 Å². The average molecular weight is 533 g/mol. The molecular weight excluding hydrogens is 512 g/mol. The SMILES string of the molecule is O=C(O)COc1c(C(=O)O)sc(-c2cccc(NC3CCN(c4ccc([N+](=O)[O-])cn4)CC3)c2)c1Cl. The van der Waals surface area contributed by atoms with Gasteiger partial charge in [-0.25, -0.2) is 14.6 Å². The van der Waals surface area contributed by atoms with E-state index < -0.39 is 23.5 Å². The van der Waals surface area contributed by atoms with Gasteiger partial charge in [0.05, 0.1) is 9.80 Å². The van der Waals surface area contributed by atoms with Gasteiger partial charge in [0, 0.05) is 30.9 Å². The summed E-state index contributed by atoms with van der Waals surface area (Å²) >= 11 is 7.32. The molecule has 188 valence electrons. The summed E-state index contributed by atoms with van der Waals surface area (Å²) in [5, 5.41) is 32.7. The summed E-state index contributed by atoms with van der Waals surface area (Å²) in [7, 11) is 0. The Balaban J connectivity index is 1.44. The number of halogens is 1. The average Bonchev–Trinajstić information content (AvgIpc) is 3.20. The van der Waals surface area contributed by atoms with Gasteiger partial charge in [-0.2, -0.15) is 0 Å². The zero-order valence-electron chi connectivity index (χ0n) is 18.7. The topological polar surface area (TPSA) is 155 Å². The molecule has 0 saturated carbocycles. The van der Waals surface area contributed by atoms with Crippen LogP contribution in [0.15, 0.2) is 42.6 Å². The number of thiophene rings is 1. The molecule has 0 amide bonds. The molecule has 1 fully saturated rings. The quantitative estimate of drug-likeness (QED) is 0.262. The fourth-order valence-electron chi connectivity index (χ4n) is 3.90. The predicted molar refractivity (Wildman–Crippen MR) is 135 cm³/mol. The number of pyridine rings is 1. The van der Waals surface area contributed by atoms with E-state index in [1.165, 1.54) is 12.3 Å². The molecule has 0 bridgehead atoms. The molecule has 0 radical (unpaired) electrons. The van der Waals surface area contributed by atoms with Gasteiger partial charge < -0.3 is 25.2 Å². The molecule has 1 aliphatic heterocycles. The summed E-state index contributed by atoms with van der Waals surface area (Å²) in [6.45, 7) is 0.752. The number of benzene rings is 1. The molecule has 0 aliphatic carbocycles. The fourth-order valence-corrected chi connectivity index (χ4v) is 5.30. The third kappa shape index (κ3) is 5.66. The van der Waals surface area contributed by atoms with Crippen molar-refractivity contribution in [3.05, 3.63) is 62.6 Å². The first kappa shape index (κ1) is 25.2. The van der Waals surface area contributed by atoms with Crippen molar-refractivity contribution in [3.63, 3.8) is 0 Å². The number of piperidine rings is 1. The van der Waals surface area contributed by atoms with E-state index in [2.05, 4.69) is 15.2 Å². The van der Waals surface area contributed by atoms with Gasteiger partial charge in [-0.3, -0.25) is 10.1 Å². The Morgan fingerprint density at radius 1 is 1.25 bits per heavy atom. The van der Waals surface area contributed by atoms with E-state index in [1.807, 2.05) is 18.2 Å². The molecule has 3 aromatic rings. The van der Waals surface area contributed by atoms with Crippen molar-refractivity contribution in [1.82, 2.24) is 4.98 Å². The highest BCUT2D eigenvalue weighted by Crippen LogP contribution is 2.46. The summed E-state index contributed by atoms with van der Waals surface area (Å²) in [5.41, 5.74) is 1.46. The number of aliphatic carboxylic acids is 1. The summed E-state index contributed by atoms with van der Waals surface area (Å²) in [6, 6.07) is 10.6. The summed E-state index contributed by atoms with van der Waals surface area (Å²) in [4.78, 5) is 39.4. The molecule has 4 rings (SSSR count). The number of rotatable bonds is 9. The highest BCUT2D eigenvalue weighted by molar-refractivity contribution is 7.18. The fraction of sp³-hybridized carbons (Fsp3) is 0.261. The lowest BCUT2D eigenvalue weighted by Gasteiger charge is -2.33. The first-order valence-corrected chi connectivity index (χ1v) is 12.0. The number of nitrogens with zero attached hydrogens (tertiary/aromatic N) is 3. The lowest BCUT2D eigenvalue weighted by atomic mass is 10.0. The Kier molecular flexibility index (Phi) is 7.55. The van der Waals surface area contributed by atoms with E-state index in [1.54, 1.807) is 12.1 Å². The highest BCUT2D eigenvalue weighted by Gasteiger charge is 2.25. The van der Waals surface area contributed by atoms with Gasteiger partial charge in [0.25, 0.3) is 5.69 Å². The monoisotopic (exact) mass is 532 g/mol. The van der Waals surface area contributed by atoms with E-state index in [0.717, 1.165) is 43.0 Å². The van der Waals surface area contributed by atoms with Gasteiger partial charge in [0.2, 0.25) is 0 Å². The lowest BCUT2D eigenvalue weighted by molar-refractivity contribution is -0.385. The normalized spacial score (nSPS) is 13.9. The molecule has 0 atom stereocenters. The zero-order chi connectivity index (χ0) is 25.8. The van der Waals surface area contributed by atoms with Crippen molar-refractivity contribution in [3.8, 4) is 16.2 Å². The number of hydrogen-bond donors (Lipinski definition) is 3. The Bertz CT molecular complexity index is 1290. The molecule has 13 heteroatoms.